The fraction of sp³-hybridized carbons (Fsp3) is 0.235. The van der Waals surface area contributed by atoms with Crippen molar-refractivity contribution in [3.05, 3.63) is 60.2 Å². The van der Waals surface area contributed by atoms with Gasteiger partial charge in [-0.1, -0.05) is 0 Å². The predicted molar refractivity (Wildman–Crippen MR) is 93.1 cm³/mol. The van der Waals surface area contributed by atoms with Gasteiger partial charge in [0.05, 0.1) is 0 Å². The number of para-hydroxylation sites is 1. The quantitative estimate of drug-likeness (QED) is 0.742. The third-order valence-electron chi connectivity index (χ3n) is 3.79. The Hall–Kier alpha value is -1.62. The van der Waals surface area contributed by atoms with Crippen LogP contribution in [0.1, 0.15) is 10.4 Å². The van der Waals surface area contributed by atoms with Crippen LogP contribution in [0.15, 0.2) is 54.6 Å². The maximum atomic E-state index is 12.7. The van der Waals surface area contributed by atoms with Gasteiger partial charge in [-0.05, 0) is 0 Å². The minimum atomic E-state index is -3.39. The Kier molecular flexibility index (Phi) is 4.57. The average molecular weight is 394 g/mol. The molecule has 2 aromatic rings. The van der Waals surface area contributed by atoms with Crippen molar-refractivity contribution in [2.75, 3.05) is 17.1 Å². The molecule has 1 atom stereocenters. The molecule has 120 valence electrons. The SMILES string of the molecule is CS(=O)(=O)N1CC(C[Se]c2ccccc2)C(=O)c2ccccc21. The zero-order valence-corrected chi connectivity index (χ0v) is 15.2. The molecule has 1 heterocycles. The van der Waals surface area contributed by atoms with Crippen LogP contribution in [0.4, 0.5) is 5.69 Å². The average Bonchev–Trinajstić information content (AvgIpc) is 2.54. The van der Waals surface area contributed by atoms with Crippen molar-refractivity contribution in [2.45, 2.75) is 5.32 Å². The molecule has 0 radical (unpaired) electrons. The van der Waals surface area contributed by atoms with E-state index >= 15 is 0 Å². The van der Waals surface area contributed by atoms with Gasteiger partial charge in [0, 0.05) is 0 Å². The predicted octanol–water partition coefficient (Wildman–Crippen LogP) is 1.71. The van der Waals surface area contributed by atoms with Crippen molar-refractivity contribution in [2.24, 2.45) is 5.92 Å². The summed E-state index contributed by atoms with van der Waals surface area (Å²) in [6, 6.07) is 17.0. The van der Waals surface area contributed by atoms with E-state index in [1.165, 1.54) is 15.0 Å². The summed E-state index contributed by atoms with van der Waals surface area (Å²) in [4.78, 5) is 12.7. The molecule has 2 aromatic carbocycles. The molecule has 0 N–H and O–H groups in total. The number of carbonyl (C=O) groups excluding carboxylic acids is 1. The molecule has 0 amide bonds. The number of benzene rings is 2. The van der Waals surface area contributed by atoms with E-state index in [1.54, 1.807) is 24.3 Å². The molecule has 0 fully saturated rings. The van der Waals surface area contributed by atoms with Crippen molar-refractivity contribution in [1.29, 1.82) is 0 Å². The van der Waals surface area contributed by atoms with E-state index in [2.05, 4.69) is 12.1 Å². The van der Waals surface area contributed by atoms with Crippen LogP contribution in [0.2, 0.25) is 5.32 Å². The fourth-order valence-corrected chi connectivity index (χ4v) is 5.72. The van der Waals surface area contributed by atoms with Crippen LogP contribution < -0.4 is 8.77 Å². The third kappa shape index (κ3) is 3.50. The van der Waals surface area contributed by atoms with Crippen molar-refractivity contribution < 1.29 is 13.2 Å². The molecule has 23 heavy (non-hydrogen) atoms. The molecule has 3 rings (SSSR count). The molecule has 0 saturated heterocycles. The maximum absolute atomic E-state index is 12.7. The molecule has 1 aliphatic heterocycles. The number of nitrogens with zero attached hydrogens (tertiary/aromatic N) is 1. The first kappa shape index (κ1) is 16.2. The molecule has 6 heteroatoms. The van der Waals surface area contributed by atoms with Crippen LogP contribution in [0, 0.1) is 5.92 Å². The Morgan fingerprint density at radius 2 is 1.74 bits per heavy atom. The molecule has 0 bridgehead atoms. The molecular weight excluding hydrogens is 377 g/mol. The van der Waals surface area contributed by atoms with Gasteiger partial charge in [0.2, 0.25) is 0 Å². The van der Waals surface area contributed by atoms with Gasteiger partial charge in [-0.2, -0.15) is 0 Å². The summed E-state index contributed by atoms with van der Waals surface area (Å²) in [5.41, 5.74) is 1.02. The summed E-state index contributed by atoms with van der Waals surface area (Å²) in [6.07, 6.45) is 1.19. The Bertz CT molecular complexity index is 821. The number of rotatable bonds is 4. The van der Waals surface area contributed by atoms with Crippen molar-refractivity contribution in [3.63, 3.8) is 0 Å². The number of carbonyl (C=O) groups is 1. The molecule has 0 aliphatic carbocycles. The number of sulfonamides is 1. The van der Waals surface area contributed by atoms with E-state index in [9.17, 15) is 13.2 Å². The van der Waals surface area contributed by atoms with Crippen molar-refractivity contribution in [1.82, 2.24) is 0 Å². The van der Waals surface area contributed by atoms with Crippen molar-refractivity contribution >= 4 is 40.9 Å². The zero-order valence-electron chi connectivity index (χ0n) is 12.7. The second-order valence-corrected chi connectivity index (χ2v) is 9.70. The first-order chi connectivity index (χ1) is 11.0. The molecule has 0 aromatic heterocycles. The van der Waals surface area contributed by atoms with Crippen molar-refractivity contribution in [3.8, 4) is 0 Å². The van der Waals surface area contributed by atoms with Crippen LogP contribution in [0.5, 0.6) is 0 Å². The molecule has 0 saturated carbocycles. The number of anilines is 1. The third-order valence-corrected chi connectivity index (χ3v) is 7.40. The number of ketones is 1. The van der Waals surface area contributed by atoms with E-state index in [1.807, 2.05) is 18.2 Å². The van der Waals surface area contributed by atoms with Gasteiger partial charge < -0.3 is 0 Å². The van der Waals surface area contributed by atoms with E-state index < -0.39 is 10.0 Å². The Balaban J connectivity index is 1.87. The first-order valence-corrected chi connectivity index (χ1v) is 11.2. The number of Topliss-reactive ketones (excluding diaryl/α,β-unsaturated/α-hetero) is 1. The summed E-state index contributed by atoms with van der Waals surface area (Å²) >= 11 is 0.150. The van der Waals surface area contributed by atoms with Crippen LogP contribution in [0.3, 0.4) is 0 Å². The van der Waals surface area contributed by atoms with Crippen LogP contribution in [0.25, 0.3) is 0 Å². The van der Waals surface area contributed by atoms with E-state index in [-0.39, 0.29) is 33.2 Å². The van der Waals surface area contributed by atoms with Gasteiger partial charge in [0.1, 0.15) is 0 Å². The molecule has 0 spiro atoms. The Labute approximate surface area is 142 Å². The summed E-state index contributed by atoms with van der Waals surface area (Å²) in [5.74, 6) is -0.224. The summed E-state index contributed by atoms with van der Waals surface area (Å²) in [5, 5.41) is 0.705. The summed E-state index contributed by atoms with van der Waals surface area (Å²) in [6.45, 7) is 0.239. The molecular formula is C17H17NO3SSe. The molecule has 4 nitrogen and oxygen atoms in total. The number of hydrogen-bond acceptors (Lipinski definition) is 3. The Morgan fingerprint density at radius 3 is 2.43 bits per heavy atom. The van der Waals surface area contributed by atoms with Gasteiger partial charge in [-0.3, -0.25) is 0 Å². The molecule has 1 unspecified atom stereocenters. The van der Waals surface area contributed by atoms with Crippen LogP contribution >= 0.6 is 0 Å². The summed E-state index contributed by atoms with van der Waals surface area (Å²) < 4.78 is 26.8. The molecule has 1 aliphatic rings. The number of hydrogen-bond donors (Lipinski definition) is 0. The minimum absolute atomic E-state index is 0.0540. The first-order valence-electron chi connectivity index (χ1n) is 7.25. The Morgan fingerprint density at radius 1 is 1.09 bits per heavy atom. The topological polar surface area (TPSA) is 54.5 Å². The van der Waals surface area contributed by atoms with Crippen LogP contribution in [-0.2, 0) is 10.0 Å². The second kappa shape index (κ2) is 6.48. The standard InChI is InChI=1S/C17H17NO3SSe/c1-22(20,21)18-11-13(12-23-14-7-3-2-4-8-14)17(19)15-9-5-6-10-16(15)18/h2-10,13H,11-12H2,1H3. The second-order valence-electron chi connectivity index (χ2n) is 5.50. The van der Waals surface area contributed by atoms with Gasteiger partial charge >= 0.3 is 143 Å². The van der Waals surface area contributed by atoms with E-state index in [4.69, 9.17) is 0 Å². The van der Waals surface area contributed by atoms with Crippen LogP contribution in [-0.4, -0.2) is 42.0 Å². The normalized spacial score (nSPS) is 17.9. The van der Waals surface area contributed by atoms with E-state index in [0.717, 1.165) is 0 Å². The van der Waals surface area contributed by atoms with Gasteiger partial charge in [0.25, 0.3) is 0 Å². The summed E-state index contributed by atoms with van der Waals surface area (Å²) in [7, 11) is -3.39. The van der Waals surface area contributed by atoms with Gasteiger partial charge in [0.15, 0.2) is 0 Å². The zero-order chi connectivity index (χ0) is 16.4. The van der Waals surface area contributed by atoms with E-state index in [0.29, 0.717) is 16.6 Å². The van der Waals surface area contributed by atoms with Gasteiger partial charge in [-0.25, -0.2) is 0 Å². The monoisotopic (exact) mass is 395 g/mol. The fourth-order valence-electron chi connectivity index (χ4n) is 2.66. The van der Waals surface area contributed by atoms with Gasteiger partial charge in [-0.15, -0.1) is 0 Å². The number of fused-ring (bicyclic) bond motifs is 1.